The second-order valence-electron chi connectivity index (χ2n) is 10.3. The van der Waals surface area contributed by atoms with Crippen molar-refractivity contribution >= 4 is 11.8 Å². The predicted octanol–water partition coefficient (Wildman–Crippen LogP) is 6.04. The Morgan fingerprint density at radius 2 is 1.85 bits per heavy atom. The van der Waals surface area contributed by atoms with Crippen molar-refractivity contribution < 1.29 is 19.1 Å². The molecule has 0 aromatic heterocycles. The summed E-state index contributed by atoms with van der Waals surface area (Å²) in [4.78, 5) is 26.8. The van der Waals surface area contributed by atoms with Gasteiger partial charge in [0, 0.05) is 25.9 Å². The van der Waals surface area contributed by atoms with Gasteiger partial charge in [-0.15, -0.1) is 0 Å². The fourth-order valence-corrected chi connectivity index (χ4v) is 4.58. The number of benzene rings is 1. The number of nitrogens with zero attached hydrogens (tertiary/aromatic N) is 1. The van der Waals surface area contributed by atoms with Crippen LogP contribution in [0.4, 0.5) is 0 Å². The van der Waals surface area contributed by atoms with E-state index < -0.39 is 0 Å². The third kappa shape index (κ3) is 9.58. The van der Waals surface area contributed by atoms with Crippen molar-refractivity contribution in [3.63, 3.8) is 0 Å². The van der Waals surface area contributed by atoms with E-state index in [1.54, 1.807) is 6.92 Å². The smallest absolute Gasteiger partial charge is 0.311 e. The van der Waals surface area contributed by atoms with Crippen LogP contribution in [0, 0.1) is 0 Å². The number of ether oxygens (including phenoxy) is 2. The molecule has 0 N–H and O–H groups in total. The predicted molar refractivity (Wildman–Crippen MR) is 134 cm³/mol. The molecule has 0 saturated carbocycles. The molecule has 186 valence electrons. The van der Waals surface area contributed by atoms with Gasteiger partial charge in [-0.05, 0) is 54.8 Å². The molecular formula is C28H45NO4. The second kappa shape index (κ2) is 13.9. The molecule has 1 unspecified atom stereocenters. The van der Waals surface area contributed by atoms with Gasteiger partial charge in [0.1, 0.15) is 11.5 Å². The lowest BCUT2D eigenvalue weighted by Gasteiger charge is -2.27. The topological polar surface area (TPSA) is 55.8 Å². The molecule has 0 bridgehead atoms. The van der Waals surface area contributed by atoms with E-state index in [0.29, 0.717) is 18.6 Å². The van der Waals surface area contributed by atoms with E-state index in [9.17, 15) is 9.59 Å². The van der Waals surface area contributed by atoms with E-state index >= 15 is 0 Å². The van der Waals surface area contributed by atoms with Crippen molar-refractivity contribution in [1.82, 2.24) is 4.90 Å². The highest BCUT2D eigenvalue weighted by atomic mass is 16.5. The molecule has 2 rings (SSSR count). The van der Waals surface area contributed by atoms with Crippen molar-refractivity contribution in [2.75, 3.05) is 32.8 Å². The first-order chi connectivity index (χ1) is 15.7. The summed E-state index contributed by atoms with van der Waals surface area (Å²) in [5.74, 6) is 0.586. The van der Waals surface area contributed by atoms with Gasteiger partial charge in [0.05, 0.1) is 13.2 Å². The average molecular weight is 460 g/mol. The molecule has 1 heterocycles. The van der Waals surface area contributed by atoms with Crippen LogP contribution in [0.15, 0.2) is 18.2 Å². The highest BCUT2D eigenvalue weighted by molar-refractivity contribution is 5.77. The fourth-order valence-electron chi connectivity index (χ4n) is 4.58. The molecule has 5 nitrogen and oxygen atoms in total. The van der Waals surface area contributed by atoms with Gasteiger partial charge in [-0.2, -0.15) is 0 Å². The van der Waals surface area contributed by atoms with Crippen molar-refractivity contribution in [2.24, 2.45) is 0 Å². The number of morpholine rings is 1. The normalized spacial score (nSPS) is 15.9. The Morgan fingerprint density at radius 3 is 2.52 bits per heavy atom. The highest BCUT2D eigenvalue weighted by Crippen LogP contribution is 2.36. The molecule has 5 heteroatoms. The zero-order valence-corrected chi connectivity index (χ0v) is 21.6. The van der Waals surface area contributed by atoms with Gasteiger partial charge in [0.2, 0.25) is 0 Å². The largest absolute Gasteiger partial charge is 0.426 e. The highest BCUT2D eigenvalue weighted by Gasteiger charge is 2.24. The Labute approximate surface area is 201 Å². The molecule has 0 amide bonds. The zero-order valence-electron chi connectivity index (χ0n) is 21.6. The molecule has 1 saturated heterocycles. The first-order valence-corrected chi connectivity index (χ1v) is 12.9. The third-order valence-corrected chi connectivity index (χ3v) is 6.76. The quantitative estimate of drug-likeness (QED) is 0.193. The van der Waals surface area contributed by atoms with Crippen LogP contribution < -0.4 is 4.74 Å². The molecular weight excluding hydrogens is 414 g/mol. The summed E-state index contributed by atoms with van der Waals surface area (Å²) in [5.41, 5.74) is 2.14. The lowest BCUT2D eigenvalue weighted by Crippen LogP contribution is -2.37. The van der Waals surface area contributed by atoms with Gasteiger partial charge < -0.3 is 14.3 Å². The number of esters is 1. The summed E-state index contributed by atoms with van der Waals surface area (Å²) >= 11 is 0. The zero-order chi connectivity index (χ0) is 24.3. The number of carbonyl (C=O) groups is 2. The number of ketones is 1. The molecule has 1 aliphatic heterocycles. The minimum absolute atomic E-state index is 0.00752. The molecule has 0 spiro atoms. The van der Waals surface area contributed by atoms with Crippen LogP contribution >= 0.6 is 0 Å². The van der Waals surface area contributed by atoms with E-state index in [4.69, 9.17) is 9.47 Å². The van der Waals surface area contributed by atoms with Crippen LogP contribution in [-0.4, -0.2) is 49.5 Å². The molecule has 0 aliphatic carbocycles. The van der Waals surface area contributed by atoms with E-state index in [1.165, 1.54) is 31.2 Å². The maximum absolute atomic E-state index is 12.7. The van der Waals surface area contributed by atoms with Crippen LogP contribution in [0.25, 0.3) is 0 Å². The number of Topliss-reactive ketones (excluding diaryl/α,β-unsaturated/α-hetero) is 1. The molecule has 33 heavy (non-hydrogen) atoms. The Bertz CT molecular complexity index is 752. The first kappa shape index (κ1) is 27.5. The van der Waals surface area contributed by atoms with E-state index in [2.05, 4.69) is 37.8 Å². The SMILES string of the molecule is CCCCCCC(C)(C)c1ccc(C(C)CC(C)=O)c(OC(=O)CCCN2CCOCC2)c1. The molecule has 1 atom stereocenters. The summed E-state index contributed by atoms with van der Waals surface area (Å²) in [7, 11) is 0. The maximum Gasteiger partial charge on any atom is 0.311 e. The summed E-state index contributed by atoms with van der Waals surface area (Å²) in [6, 6.07) is 6.26. The van der Waals surface area contributed by atoms with Crippen molar-refractivity contribution in [1.29, 1.82) is 0 Å². The lowest BCUT2D eigenvalue weighted by atomic mass is 9.79. The standard InChI is InChI=1S/C28H45NO4/c1-6-7-8-9-14-28(4,5)24-12-13-25(22(2)20-23(3)30)26(21-24)33-27(31)11-10-15-29-16-18-32-19-17-29/h12-13,21-22H,6-11,14-20H2,1-5H3. The first-order valence-electron chi connectivity index (χ1n) is 12.9. The average Bonchev–Trinajstić information content (AvgIpc) is 2.77. The minimum atomic E-state index is -0.197. The van der Waals surface area contributed by atoms with Gasteiger partial charge >= 0.3 is 5.97 Å². The molecule has 1 aromatic carbocycles. The minimum Gasteiger partial charge on any atom is -0.426 e. The number of hydrogen-bond acceptors (Lipinski definition) is 5. The summed E-state index contributed by atoms with van der Waals surface area (Å²) in [6.45, 7) is 14.7. The van der Waals surface area contributed by atoms with E-state index in [1.807, 2.05) is 13.0 Å². The summed E-state index contributed by atoms with van der Waals surface area (Å²) < 4.78 is 11.3. The van der Waals surface area contributed by atoms with Crippen LogP contribution in [0.1, 0.15) is 103 Å². The van der Waals surface area contributed by atoms with Gasteiger partial charge in [-0.3, -0.25) is 9.69 Å². The van der Waals surface area contributed by atoms with Gasteiger partial charge in [-0.1, -0.05) is 65.5 Å². The van der Waals surface area contributed by atoms with Crippen molar-refractivity contribution in [3.05, 3.63) is 29.3 Å². The van der Waals surface area contributed by atoms with Gasteiger partial charge in [0.15, 0.2) is 0 Å². The van der Waals surface area contributed by atoms with Crippen LogP contribution in [0.5, 0.6) is 5.75 Å². The molecule has 1 fully saturated rings. The molecule has 0 radical (unpaired) electrons. The monoisotopic (exact) mass is 459 g/mol. The van der Waals surface area contributed by atoms with Crippen LogP contribution in [0.3, 0.4) is 0 Å². The number of rotatable bonds is 14. The van der Waals surface area contributed by atoms with Crippen LogP contribution in [0.2, 0.25) is 0 Å². The van der Waals surface area contributed by atoms with Crippen LogP contribution in [-0.2, 0) is 19.7 Å². The number of unbranched alkanes of at least 4 members (excludes halogenated alkanes) is 3. The van der Waals surface area contributed by atoms with Gasteiger partial charge in [-0.25, -0.2) is 0 Å². The number of carbonyl (C=O) groups excluding carboxylic acids is 2. The third-order valence-electron chi connectivity index (χ3n) is 6.76. The Balaban J connectivity index is 2.09. The lowest BCUT2D eigenvalue weighted by molar-refractivity contribution is -0.134. The Morgan fingerprint density at radius 1 is 1.12 bits per heavy atom. The van der Waals surface area contributed by atoms with Crippen molar-refractivity contribution in [2.45, 2.75) is 97.3 Å². The fraction of sp³-hybridized carbons (Fsp3) is 0.714. The second-order valence-corrected chi connectivity index (χ2v) is 10.3. The maximum atomic E-state index is 12.7. The Kier molecular flexibility index (Phi) is 11.6. The Hall–Kier alpha value is -1.72. The van der Waals surface area contributed by atoms with Crippen molar-refractivity contribution in [3.8, 4) is 5.75 Å². The van der Waals surface area contributed by atoms with E-state index in [0.717, 1.165) is 51.3 Å². The molecule has 1 aromatic rings. The number of hydrogen-bond donors (Lipinski definition) is 0. The summed E-state index contributed by atoms with van der Waals surface area (Å²) in [6.07, 6.45) is 7.66. The van der Waals surface area contributed by atoms with Gasteiger partial charge in [0.25, 0.3) is 0 Å². The summed E-state index contributed by atoms with van der Waals surface area (Å²) in [5, 5.41) is 0. The molecule has 1 aliphatic rings. The van der Waals surface area contributed by atoms with E-state index in [-0.39, 0.29) is 23.1 Å².